The van der Waals surface area contributed by atoms with Crippen molar-refractivity contribution in [1.82, 2.24) is 14.7 Å². The number of nitrogens with one attached hydrogen (secondary N) is 1. The van der Waals surface area contributed by atoms with Crippen molar-refractivity contribution in [2.24, 2.45) is 5.41 Å². The van der Waals surface area contributed by atoms with E-state index in [1.807, 2.05) is 0 Å². The van der Waals surface area contributed by atoms with Crippen LogP contribution in [0.3, 0.4) is 0 Å². The van der Waals surface area contributed by atoms with Crippen LogP contribution < -0.4 is 4.72 Å². The van der Waals surface area contributed by atoms with Crippen molar-refractivity contribution in [1.29, 1.82) is 0 Å². The molecule has 1 aromatic heterocycles. The average molecular weight is 280 g/mol. The van der Waals surface area contributed by atoms with Gasteiger partial charge in [-0.05, 0) is 11.6 Å². The number of aliphatic hydroxyl groups excluding tert-OH is 1. The van der Waals surface area contributed by atoms with Gasteiger partial charge in [-0.25, -0.2) is 23.1 Å². The molecule has 0 fully saturated rings. The summed E-state index contributed by atoms with van der Waals surface area (Å²) in [5.41, 5.74) is -0.527. The van der Waals surface area contributed by atoms with Crippen LogP contribution >= 0.6 is 11.6 Å². The molecular formula is C9H14ClN3O3S. The van der Waals surface area contributed by atoms with Crippen LogP contribution in [-0.2, 0) is 10.0 Å². The van der Waals surface area contributed by atoms with Gasteiger partial charge in [0.15, 0.2) is 0 Å². The summed E-state index contributed by atoms with van der Waals surface area (Å²) in [7, 11) is -3.67. The number of hydrogen-bond acceptors (Lipinski definition) is 5. The van der Waals surface area contributed by atoms with Gasteiger partial charge in [-0.3, -0.25) is 0 Å². The van der Waals surface area contributed by atoms with Gasteiger partial charge >= 0.3 is 0 Å². The van der Waals surface area contributed by atoms with Gasteiger partial charge in [0.2, 0.25) is 15.3 Å². The summed E-state index contributed by atoms with van der Waals surface area (Å²) in [6.45, 7) is 3.49. The largest absolute Gasteiger partial charge is 0.396 e. The van der Waals surface area contributed by atoms with Crippen LogP contribution in [0.25, 0.3) is 0 Å². The highest BCUT2D eigenvalue weighted by atomic mass is 35.5. The summed E-state index contributed by atoms with van der Waals surface area (Å²) in [6, 6.07) is 0. The number of aromatic nitrogens is 2. The highest BCUT2D eigenvalue weighted by molar-refractivity contribution is 7.89. The summed E-state index contributed by atoms with van der Waals surface area (Å²) in [4.78, 5) is 7.13. The lowest BCUT2D eigenvalue weighted by Crippen LogP contribution is -2.36. The Labute approximate surface area is 105 Å². The molecule has 0 aromatic carbocycles. The third-order valence-corrected chi connectivity index (χ3v) is 3.63. The van der Waals surface area contributed by atoms with Crippen molar-refractivity contribution in [2.75, 3.05) is 13.2 Å². The number of nitrogens with zero attached hydrogens (tertiary/aromatic N) is 2. The Hall–Kier alpha value is -0.760. The minimum Gasteiger partial charge on any atom is -0.396 e. The van der Waals surface area contributed by atoms with Crippen LogP contribution in [0.15, 0.2) is 17.3 Å². The maximum absolute atomic E-state index is 11.8. The van der Waals surface area contributed by atoms with Crippen LogP contribution in [0.1, 0.15) is 13.8 Å². The van der Waals surface area contributed by atoms with Gasteiger partial charge in [-0.2, -0.15) is 0 Å². The summed E-state index contributed by atoms with van der Waals surface area (Å²) < 4.78 is 26.0. The normalized spacial score (nSPS) is 12.7. The highest BCUT2D eigenvalue weighted by Gasteiger charge is 2.22. The van der Waals surface area contributed by atoms with Gasteiger partial charge in [0.1, 0.15) is 4.90 Å². The van der Waals surface area contributed by atoms with E-state index in [2.05, 4.69) is 14.7 Å². The molecule has 96 valence electrons. The molecule has 2 N–H and O–H groups in total. The number of aliphatic hydroxyl groups is 1. The zero-order valence-corrected chi connectivity index (χ0v) is 11.1. The Morgan fingerprint density at radius 2 is 1.94 bits per heavy atom. The van der Waals surface area contributed by atoms with Crippen molar-refractivity contribution in [3.05, 3.63) is 17.7 Å². The summed E-state index contributed by atoms with van der Waals surface area (Å²) in [6.07, 6.45) is 2.26. The third kappa shape index (κ3) is 4.19. The topological polar surface area (TPSA) is 92.2 Å². The zero-order valence-electron chi connectivity index (χ0n) is 9.51. The predicted octanol–water partition coefficient (Wildman–Crippen LogP) is 0.427. The molecule has 0 spiro atoms. The van der Waals surface area contributed by atoms with E-state index in [0.717, 1.165) is 12.4 Å². The van der Waals surface area contributed by atoms with Gasteiger partial charge in [0, 0.05) is 18.6 Å². The van der Waals surface area contributed by atoms with Crippen molar-refractivity contribution >= 4 is 21.6 Å². The predicted molar refractivity (Wildman–Crippen MR) is 63.1 cm³/mol. The smallest absolute Gasteiger partial charge is 0.243 e. The van der Waals surface area contributed by atoms with Crippen LogP contribution in [-0.4, -0.2) is 36.6 Å². The van der Waals surface area contributed by atoms with E-state index in [0.29, 0.717) is 0 Å². The fraction of sp³-hybridized carbons (Fsp3) is 0.556. The number of rotatable bonds is 5. The first kappa shape index (κ1) is 14.3. The van der Waals surface area contributed by atoms with E-state index in [1.54, 1.807) is 13.8 Å². The minimum absolute atomic E-state index is 0.0142. The fourth-order valence-electron chi connectivity index (χ4n) is 0.869. The maximum atomic E-state index is 11.8. The SMILES string of the molecule is CC(C)(CO)CNS(=O)(=O)c1cnc(Cl)nc1. The lowest BCUT2D eigenvalue weighted by atomic mass is 9.96. The molecule has 0 saturated heterocycles. The molecular weight excluding hydrogens is 266 g/mol. The number of hydrogen-bond donors (Lipinski definition) is 2. The van der Waals surface area contributed by atoms with Gasteiger partial charge in [0.05, 0.1) is 12.4 Å². The Morgan fingerprint density at radius 1 is 1.41 bits per heavy atom. The third-order valence-electron chi connectivity index (χ3n) is 2.08. The Bertz CT molecular complexity index is 473. The van der Waals surface area contributed by atoms with Crippen LogP contribution in [0.2, 0.25) is 5.28 Å². The summed E-state index contributed by atoms with van der Waals surface area (Å²) in [5, 5.41) is 9.01. The molecule has 6 nitrogen and oxygen atoms in total. The molecule has 0 atom stereocenters. The van der Waals surface area contributed by atoms with Crippen molar-refractivity contribution in [3.63, 3.8) is 0 Å². The monoisotopic (exact) mass is 279 g/mol. The standard InChI is InChI=1S/C9H14ClN3O3S/c1-9(2,6-14)5-13-17(15,16)7-3-11-8(10)12-4-7/h3-4,13-14H,5-6H2,1-2H3. The van der Waals surface area contributed by atoms with Crippen molar-refractivity contribution < 1.29 is 13.5 Å². The summed E-state index contributed by atoms with van der Waals surface area (Å²) >= 11 is 5.46. The second-order valence-electron chi connectivity index (χ2n) is 4.33. The first-order valence-corrected chi connectivity index (χ1v) is 6.71. The highest BCUT2D eigenvalue weighted by Crippen LogP contribution is 2.14. The van der Waals surface area contributed by atoms with Crippen LogP contribution in [0, 0.1) is 5.41 Å². The molecule has 0 unspecified atom stereocenters. The van der Waals surface area contributed by atoms with E-state index in [-0.39, 0.29) is 23.3 Å². The lowest BCUT2D eigenvalue weighted by Gasteiger charge is -2.21. The van der Waals surface area contributed by atoms with Gasteiger partial charge < -0.3 is 5.11 Å². The number of sulfonamides is 1. The first-order chi connectivity index (χ1) is 7.77. The van der Waals surface area contributed by atoms with Gasteiger partial charge in [0.25, 0.3) is 0 Å². The van der Waals surface area contributed by atoms with Gasteiger partial charge in [-0.1, -0.05) is 13.8 Å². The summed E-state index contributed by atoms with van der Waals surface area (Å²) in [5.74, 6) is 0. The molecule has 1 heterocycles. The van der Waals surface area contributed by atoms with Crippen LogP contribution in [0.5, 0.6) is 0 Å². The Balaban J connectivity index is 2.79. The van der Waals surface area contributed by atoms with E-state index >= 15 is 0 Å². The molecule has 1 aromatic rings. The van der Waals surface area contributed by atoms with E-state index in [9.17, 15) is 8.42 Å². The Morgan fingerprint density at radius 3 is 2.41 bits per heavy atom. The van der Waals surface area contributed by atoms with E-state index < -0.39 is 15.4 Å². The lowest BCUT2D eigenvalue weighted by molar-refractivity contribution is 0.163. The van der Waals surface area contributed by atoms with Crippen molar-refractivity contribution in [2.45, 2.75) is 18.7 Å². The average Bonchev–Trinajstić information content (AvgIpc) is 2.27. The van der Waals surface area contributed by atoms with Crippen molar-refractivity contribution in [3.8, 4) is 0 Å². The molecule has 0 aliphatic heterocycles. The molecule has 0 amide bonds. The van der Waals surface area contributed by atoms with Gasteiger partial charge in [-0.15, -0.1) is 0 Å². The zero-order chi connectivity index (χ0) is 13.1. The first-order valence-electron chi connectivity index (χ1n) is 4.85. The van der Waals surface area contributed by atoms with E-state index in [1.165, 1.54) is 0 Å². The maximum Gasteiger partial charge on any atom is 0.243 e. The second-order valence-corrected chi connectivity index (χ2v) is 6.44. The molecule has 8 heteroatoms. The molecule has 0 aliphatic carbocycles. The minimum atomic E-state index is -3.67. The van der Waals surface area contributed by atoms with Crippen LogP contribution in [0.4, 0.5) is 0 Å². The second kappa shape index (κ2) is 5.26. The molecule has 17 heavy (non-hydrogen) atoms. The molecule has 0 aliphatic rings. The van der Waals surface area contributed by atoms with E-state index in [4.69, 9.17) is 16.7 Å². The molecule has 0 radical (unpaired) electrons. The number of halogens is 1. The molecule has 1 rings (SSSR count). The Kier molecular flexibility index (Phi) is 4.42. The fourth-order valence-corrected chi connectivity index (χ4v) is 2.10. The quantitative estimate of drug-likeness (QED) is 0.763. The molecule has 0 saturated carbocycles. The molecule has 0 bridgehead atoms.